The van der Waals surface area contributed by atoms with E-state index in [2.05, 4.69) is 40.1 Å². The lowest BCUT2D eigenvalue weighted by Crippen LogP contribution is -2.19. The second-order valence-corrected chi connectivity index (χ2v) is 5.18. The first-order valence-corrected chi connectivity index (χ1v) is 6.92. The van der Waals surface area contributed by atoms with Gasteiger partial charge >= 0.3 is 0 Å². The first-order chi connectivity index (χ1) is 7.67. The monoisotopic (exact) mass is 304 g/mol. The Morgan fingerprint density at radius 2 is 2.00 bits per heavy atom. The van der Waals surface area contributed by atoms with Crippen LogP contribution in [0, 0.1) is 0 Å². The van der Waals surface area contributed by atoms with Crippen molar-refractivity contribution in [3.8, 4) is 0 Å². The second kappa shape index (κ2) is 7.13. The van der Waals surface area contributed by atoms with Gasteiger partial charge in [0.2, 0.25) is 0 Å². The quantitative estimate of drug-likeness (QED) is 0.758. The van der Waals surface area contributed by atoms with Crippen LogP contribution in [0.25, 0.3) is 0 Å². The van der Waals surface area contributed by atoms with Gasteiger partial charge in [0.1, 0.15) is 0 Å². The molecule has 1 aromatic rings. The molecule has 0 spiro atoms. The van der Waals surface area contributed by atoms with E-state index in [1.165, 1.54) is 12.8 Å². The SMILES string of the molecule is CCCC(CCC)Nc1cc(Br)cnc1Cl. The van der Waals surface area contributed by atoms with E-state index in [4.69, 9.17) is 11.6 Å². The molecule has 0 unspecified atom stereocenters. The molecular formula is C12H18BrClN2. The summed E-state index contributed by atoms with van der Waals surface area (Å²) >= 11 is 9.45. The molecule has 0 aromatic carbocycles. The van der Waals surface area contributed by atoms with Gasteiger partial charge in [-0.2, -0.15) is 0 Å². The lowest BCUT2D eigenvalue weighted by Gasteiger charge is -2.19. The number of anilines is 1. The van der Waals surface area contributed by atoms with Crippen molar-refractivity contribution in [1.82, 2.24) is 4.98 Å². The highest BCUT2D eigenvalue weighted by Crippen LogP contribution is 2.25. The lowest BCUT2D eigenvalue weighted by atomic mass is 10.1. The number of hydrogen-bond acceptors (Lipinski definition) is 2. The number of rotatable bonds is 6. The third-order valence-electron chi connectivity index (χ3n) is 2.44. The molecular weight excluding hydrogens is 288 g/mol. The molecule has 0 aliphatic carbocycles. The second-order valence-electron chi connectivity index (χ2n) is 3.91. The van der Waals surface area contributed by atoms with Crippen LogP contribution in [0.2, 0.25) is 5.15 Å². The molecule has 0 aliphatic rings. The molecule has 0 atom stereocenters. The summed E-state index contributed by atoms with van der Waals surface area (Å²) in [6.07, 6.45) is 6.39. The van der Waals surface area contributed by atoms with E-state index in [0.717, 1.165) is 23.0 Å². The van der Waals surface area contributed by atoms with Gasteiger partial charge in [-0.1, -0.05) is 38.3 Å². The third kappa shape index (κ3) is 4.30. The van der Waals surface area contributed by atoms with Crippen LogP contribution in [-0.4, -0.2) is 11.0 Å². The molecule has 2 nitrogen and oxygen atoms in total. The molecule has 0 radical (unpaired) electrons. The minimum atomic E-state index is 0.489. The van der Waals surface area contributed by atoms with Crippen LogP contribution in [0.15, 0.2) is 16.7 Å². The summed E-state index contributed by atoms with van der Waals surface area (Å²) in [6, 6.07) is 2.47. The van der Waals surface area contributed by atoms with E-state index in [1.807, 2.05) is 6.07 Å². The molecule has 1 rings (SSSR count). The van der Waals surface area contributed by atoms with Crippen LogP contribution in [-0.2, 0) is 0 Å². The van der Waals surface area contributed by atoms with Crippen molar-refractivity contribution < 1.29 is 0 Å². The Morgan fingerprint density at radius 1 is 1.38 bits per heavy atom. The van der Waals surface area contributed by atoms with Gasteiger partial charge in [0.25, 0.3) is 0 Å². The van der Waals surface area contributed by atoms with Crippen molar-refractivity contribution >= 4 is 33.2 Å². The summed E-state index contributed by atoms with van der Waals surface area (Å²) in [4.78, 5) is 4.11. The Kier molecular flexibility index (Phi) is 6.14. The molecule has 90 valence electrons. The molecule has 1 N–H and O–H groups in total. The lowest BCUT2D eigenvalue weighted by molar-refractivity contribution is 0.586. The van der Waals surface area contributed by atoms with Crippen LogP contribution >= 0.6 is 27.5 Å². The minimum Gasteiger partial charge on any atom is -0.380 e. The van der Waals surface area contributed by atoms with Crippen LogP contribution in [0.1, 0.15) is 39.5 Å². The largest absolute Gasteiger partial charge is 0.380 e. The van der Waals surface area contributed by atoms with Crippen molar-refractivity contribution in [3.63, 3.8) is 0 Å². The van der Waals surface area contributed by atoms with Crippen molar-refractivity contribution in [2.75, 3.05) is 5.32 Å². The standard InChI is InChI=1S/C12H18BrClN2/c1-3-5-10(6-4-2)16-11-7-9(13)8-15-12(11)14/h7-8,10,16H,3-6H2,1-2H3. The Morgan fingerprint density at radius 3 is 2.56 bits per heavy atom. The number of nitrogens with zero attached hydrogens (tertiary/aromatic N) is 1. The molecule has 4 heteroatoms. The van der Waals surface area contributed by atoms with E-state index < -0.39 is 0 Å². The Labute approximate surface area is 111 Å². The topological polar surface area (TPSA) is 24.9 Å². The van der Waals surface area contributed by atoms with E-state index in [9.17, 15) is 0 Å². The van der Waals surface area contributed by atoms with Gasteiger partial charge in [0, 0.05) is 16.7 Å². The van der Waals surface area contributed by atoms with Crippen LogP contribution < -0.4 is 5.32 Å². The summed E-state index contributed by atoms with van der Waals surface area (Å²) in [5.41, 5.74) is 0.919. The Balaban J connectivity index is 2.71. The summed E-state index contributed by atoms with van der Waals surface area (Å²) in [6.45, 7) is 4.40. The predicted octanol–water partition coefficient (Wildman–Crippen LogP) is 4.88. The highest BCUT2D eigenvalue weighted by atomic mass is 79.9. The summed E-state index contributed by atoms with van der Waals surface area (Å²) in [5, 5.41) is 4.01. The number of halogens is 2. The maximum absolute atomic E-state index is 6.05. The van der Waals surface area contributed by atoms with Crippen LogP contribution in [0.3, 0.4) is 0 Å². The molecule has 1 heterocycles. The number of aromatic nitrogens is 1. The maximum Gasteiger partial charge on any atom is 0.152 e. The van der Waals surface area contributed by atoms with Crippen molar-refractivity contribution in [2.24, 2.45) is 0 Å². The van der Waals surface area contributed by atoms with Gasteiger partial charge in [0.05, 0.1) is 5.69 Å². The molecule has 16 heavy (non-hydrogen) atoms. The van der Waals surface area contributed by atoms with E-state index >= 15 is 0 Å². The molecule has 0 amide bonds. The van der Waals surface area contributed by atoms with Gasteiger partial charge < -0.3 is 5.32 Å². The zero-order chi connectivity index (χ0) is 12.0. The molecule has 0 fully saturated rings. The van der Waals surface area contributed by atoms with Crippen molar-refractivity contribution in [1.29, 1.82) is 0 Å². The van der Waals surface area contributed by atoms with Gasteiger partial charge in [0.15, 0.2) is 5.15 Å². The maximum atomic E-state index is 6.05. The first kappa shape index (κ1) is 13.8. The smallest absolute Gasteiger partial charge is 0.152 e. The zero-order valence-electron chi connectivity index (χ0n) is 9.76. The molecule has 0 saturated carbocycles. The fourth-order valence-electron chi connectivity index (χ4n) is 1.73. The Hall–Kier alpha value is -0.280. The fourth-order valence-corrected chi connectivity index (χ4v) is 2.22. The number of hydrogen-bond donors (Lipinski definition) is 1. The van der Waals surface area contributed by atoms with E-state index in [0.29, 0.717) is 11.2 Å². The van der Waals surface area contributed by atoms with Crippen LogP contribution in [0.4, 0.5) is 5.69 Å². The van der Waals surface area contributed by atoms with E-state index in [-0.39, 0.29) is 0 Å². The number of pyridine rings is 1. The van der Waals surface area contributed by atoms with Crippen molar-refractivity contribution in [2.45, 2.75) is 45.6 Å². The van der Waals surface area contributed by atoms with Crippen LogP contribution in [0.5, 0.6) is 0 Å². The first-order valence-electron chi connectivity index (χ1n) is 5.75. The summed E-state index contributed by atoms with van der Waals surface area (Å²) < 4.78 is 0.950. The normalized spacial score (nSPS) is 10.8. The third-order valence-corrected chi connectivity index (χ3v) is 3.17. The predicted molar refractivity (Wildman–Crippen MR) is 74.2 cm³/mol. The highest BCUT2D eigenvalue weighted by molar-refractivity contribution is 9.10. The van der Waals surface area contributed by atoms with E-state index in [1.54, 1.807) is 6.20 Å². The van der Waals surface area contributed by atoms with Gasteiger partial charge in [-0.25, -0.2) is 4.98 Å². The highest BCUT2D eigenvalue weighted by Gasteiger charge is 2.09. The van der Waals surface area contributed by atoms with Crippen molar-refractivity contribution in [3.05, 3.63) is 21.9 Å². The fraction of sp³-hybridized carbons (Fsp3) is 0.583. The summed E-state index contributed by atoms with van der Waals surface area (Å²) in [7, 11) is 0. The zero-order valence-corrected chi connectivity index (χ0v) is 12.1. The Bertz CT molecular complexity index is 325. The number of nitrogens with one attached hydrogen (secondary N) is 1. The van der Waals surface area contributed by atoms with Gasteiger partial charge in [-0.05, 0) is 34.8 Å². The average Bonchev–Trinajstić information content (AvgIpc) is 2.24. The summed E-state index contributed by atoms with van der Waals surface area (Å²) in [5.74, 6) is 0. The van der Waals surface area contributed by atoms with Gasteiger partial charge in [-0.3, -0.25) is 0 Å². The molecule has 0 aliphatic heterocycles. The molecule has 0 bridgehead atoms. The average molecular weight is 306 g/mol. The minimum absolute atomic E-state index is 0.489. The van der Waals surface area contributed by atoms with Gasteiger partial charge in [-0.15, -0.1) is 0 Å². The molecule has 1 aromatic heterocycles. The molecule has 0 saturated heterocycles.